The monoisotopic (exact) mass is 331 g/mol. The number of rotatable bonds is 4. The second-order valence-corrected chi connectivity index (χ2v) is 7.18. The lowest BCUT2D eigenvalue weighted by molar-refractivity contribution is -0.130. The summed E-state index contributed by atoms with van der Waals surface area (Å²) in [5, 5.41) is 13.0. The normalized spacial score (nSPS) is 22.5. The first-order chi connectivity index (χ1) is 11.6. The molecule has 0 unspecified atom stereocenters. The Morgan fingerprint density at radius 1 is 1.21 bits per heavy atom. The average Bonchev–Trinajstić information content (AvgIpc) is 2.61. The van der Waals surface area contributed by atoms with Gasteiger partial charge in [-0.2, -0.15) is 0 Å². The van der Waals surface area contributed by atoms with Crippen molar-refractivity contribution in [2.45, 2.75) is 38.7 Å². The number of para-hydroxylation sites is 2. The first-order valence-electron chi connectivity index (χ1n) is 9.17. The number of amides is 1. The van der Waals surface area contributed by atoms with Gasteiger partial charge in [-0.3, -0.25) is 4.79 Å². The fourth-order valence-electron chi connectivity index (χ4n) is 3.70. The molecule has 1 aromatic carbocycles. The highest BCUT2D eigenvalue weighted by Crippen LogP contribution is 2.28. The number of carbonyl (C=O) groups is 1. The van der Waals surface area contributed by atoms with E-state index < -0.39 is 0 Å². The highest BCUT2D eigenvalue weighted by Gasteiger charge is 2.22. The van der Waals surface area contributed by atoms with Gasteiger partial charge in [0.25, 0.3) is 0 Å². The van der Waals surface area contributed by atoms with Crippen LogP contribution in [-0.2, 0) is 4.79 Å². The van der Waals surface area contributed by atoms with Crippen molar-refractivity contribution in [2.24, 2.45) is 5.92 Å². The van der Waals surface area contributed by atoms with E-state index in [0.717, 1.165) is 56.8 Å². The van der Waals surface area contributed by atoms with Crippen LogP contribution in [0.25, 0.3) is 0 Å². The van der Waals surface area contributed by atoms with Crippen molar-refractivity contribution in [3.8, 4) is 0 Å². The second-order valence-electron chi connectivity index (χ2n) is 7.18. The zero-order valence-electron chi connectivity index (χ0n) is 14.6. The molecule has 2 fully saturated rings. The van der Waals surface area contributed by atoms with Gasteiger partial charge >= 0.3 is 0 Å². The van der Waals surface area contributed by atoms with E-state index in [1.54, 1.807) is 0 Å². The molecule has 0 aliphatic carbocycles. The standard InChI is InChI=1S/C19H29N3O2/c1-15-5-4-10-22(14-15)19(24)13-20-17-6-2-3-7-18(17)21-11-8-16(23)9-12-21/h2-3,6-7,15-16,20,23H,4-5,8-14H2,1H3/t15-/m1/s1. The van der Waals surface area contributed by atoms with Crippen LogP contribution in [0.5, 0.6) is 0 Å². The second kappa shape index (κ2) is 7.88. The molecule has 2 saturated heterocycles. The molecular weight excluding hydrogens is 302 g/mol. The molecule has 0 saturated carbocycles. The van der Waals surface area contributed by atoms with E-state index in [4.69, 9.17) is 0 Å². The van der Waals surface area contributed by atoms with Crippen molar-refractivity contribution in [3.05, 3.63) is 24.3 Å². The summed E-state index contributed by atoms with van der Waals surface area (Å²) in [6, 6.07) is 8.15. The molecule has 132 valence electrons. The summed E-state index contributed by atoms with van der Waals surface area (Å²) >= 11 is 0. The number of benzene rings is 1. The summed E-state index contributed by atoms with van der Waals surface area (Å²) in [4.78, 5) is 16.7. The van der Waals surface area contributed by atoms with Gasteiger partial charge in [0.2, 0.25) is 5.91 Å². The van der Waals surface area contributed by atoms with E-state index in [2.05, 4.69) is 23.2 Å². The minimum absolute atomic E-state index is 0.177. The predicted octanol–water partition coefficient (Wildman–Crippen LogP) is 2.32. The summed E-state index contributed by atoms with van der Waals surface area (Å²) < 4.78 is 0. The number of nitrogens with one attached hydrogen (secondary N) is 1. The fraction of sp³-hybridized carbons (Fsp3) is 0.632. The van der Waals surface area contributed by atoms with E-state index in [0.29, 0.717) is 12.5 Å². The lowest BCUT2D eigenvalue weighted by Gasteiger charge is -2.33. The van der Waals surface area contributed by atoms with Gasteiger partial charge < -0.3 is 20.2 Å². The SMILES string of the molecule is C[C@@H]1CCCN(C(=O)CNc2ccccc2N2CCC(O)CC2)C1. The van der Waals surface area contributed by atoms with Gasteiger partial charge in [0, 0.05) is 26.2 Å². The zero-order chi connectivity index (χ0) is 16.9. The van der Waals surface area contributed by atoms with Crippen LogP contribution in [0.1, 0.15) is 32.6 Å². The number of nitrogens with zero attached hydrogens (tertiary/aromatic N) is 2. The molecule has 2 aliphatic rings. The molecule has 1 amide bonds. The largest absolute Gasteiger partial charge is 0.393 e. The minimum Gasteiger partial charge on any atom is -0.393 e. The molecule has 5 nitrogen and oxygen atoms in total. The van der Waals surface area contributed by atoms with Gasteiger partial charge in [0.15, 0.2) is 0 Å². The highest BCUT2D eigenvalue weighted by atomic mass is 16.3. The number of piperidine rings is 2. The quantitative estimate of drug-likeness (QED) is 0.889. The molecule has 0 bridgehead atoms. The number of aliphatic hydroxyl groups is 1. The molecule has 5 heteroatoms. The fourth-order valence-corrected chi connectivity index (χ4v) is 3.70. The van der Waals surface area contributed by atoms with Crippen LogP contribution in [-0.4, -0.2) is 54.7 Å². The van der Waals surface area contributed by atoms with Crippen LogP contribution in [0.4, 0.5) is 11.4 Å². The number of likely N-dealkylation sites (tertiary alicyclic amines) is 1. The summed E-state index contributed by atoms with van der Waals surface area (Å²) in [5.41, 5.74) is 2.14. The zero-order valence-corrected chi connectivity index (χ0v) is 14.6. The Balaban J connectivity index is 1.60. The molecule has 3 rings (SSSR count). The van der Waals surface area contributed by atoms with Crippen molar-refractivity contribution in [2.75, 3.05) is 42.9 Å². The Hall–Kier alpha value is -1.75. The van der Waals surface area contributed by atoms with Crippen LogP contribution in [0.15, 0.2) is 24.3 Å². The van der Waals surface area contributed by atoms with E-state index >= 15 is 0 Å². The van der Waals surface area contributed by atoms with Crippen LogP contribution >= 0.6 is 0 Å². The summed E-state index contributed by atoms with van der Waals surface area (Å²) in [6.45, 7) is 6.05. The predicted molar refractivity (Wildman–Crippen MR) is 97.4 cm³/mol. The Kier molecular flexibility index (Phi) is 5.61. The van der Waals surface area contributed by atoms with Gasteiger partial charge in [-0.25, -0.2) is 0 Å². The summed E-state index contributed by atoms with van der Waals surface area (Å²) in [5.74, 6) is 0.792. The highest BCUT2D eigenvalue weighted by molar-refractivity contribution is 5.83. The van der Waals surface area contributed by atoms with Gasteiger partial charge in [-0.15, -0.1) is 0 Å². The summed E-state index contributed by atoms with van der Waals surface area (Å²) in [6.07, 6.45) is 3.77. The maximum Gasteiger partial charge on any atom is 0.241 e. The van der Waals surface area contributed by atoms with Gasteiger partial charge in [0.1, 0.15) is 0 Å². The number of hydrogen-bond acceptors (Lipinski definition) is 4. The lowest BCUT2D eigenvalue weighted by Crippen LogP contribution is -2.42. The van der Waals surface area contributed by atoms with Crippen molar-refractivity contribution in [1.29, 1.82) is 0 Å². The first-order valence-corrected chi connectivity index (χ1v) is 9.17. The molecule has 2 heterocycles. The van der Waals surface area contributed by atoms with Gasteiger partial charge in [-0.1, -0.05) is 19.1 Å². The molecule has 0 aromatic heterocycles. The Morgan fingerprint density at radius 2 is 1.96 bits per heavy atom. The molecule has 0 spiro atoms. The van der Waals surface area contributed by atoms with Crippen molar-refractivity contribution < 1.29 is 9.90 Å². The van der Waals surface area contributed by atoms with Crippen LogP contribution in [0.2, 0.25) is 0 Å². The molecule has 24 heavy (non-hydrogen) atoms. The topological polar surface area (TPSA) is 55.8 Å². The number of aliphatic hydroxyl groups excluding tert-OH is 1. The van der Waals surface area contributed by atoms with Gasteiger partial charge in [0.05, 0.1) is 24.0 Å². The van der Waals surface area contributed by atoms with Gasteiger partial charge in [-0.05, 0) is 43.7 Å². The van der Waals surface area contributed by atoms with Crippen LogP contribution in [0.3, 0.4) is 0 Å². The van der Waals surface area contributed by atoms with Crippen LogP contribution < -0.4 is 10.2 Å². The Bertz CT molecular complexity index is 555. The maximum absolute atomic E-state index is 12.5. The minimum atomic E-state index is -0.177. The van der Waals surface area contributed by atoms with E-state index in [-0.39, 0.29) is 12.0 Å². The maximum atomic E-state index is 12.5. The molecule has 2 N–H and O–H groups in total. The molecule has 0 radical (unpaired) electrons. The van der Waals surface area contributed by atoms with Crippen molar-refractivity contribution >= 4 is 17.3 Å². The first kappa shape index (κ1) is 17.1. The van der Waals surface area contributed by atoms with Crippen molar-refractivity contribution in [1.82, 2.24) is 4.90 Å². The molecule has 1 atom stereocenters. The average molecular weight is 331 g/mol. The van der Waals surface area contributed by atoms with E-state index in [9.17, 15) is 9.90 Å². The third-order valence-electron chi connectivity index (χ3n) is 5.15. The third-order valence-corrected chi connectivity index (χ3v) is 5.15. The summed E-state index contributed by atoms with van der Waals surface area (Å²) in [7, 11) is 0. The Morgan fingerprint density at radius 3 is 2.71 bits per heavy atom. The van der Waals surface area contributed by atoms with E-state index in [1.165, 1.54) is 6.42 Å². The third kappa shape index (κ3) is 4.20. The smallest absolute Gasteiger partial charge is 0.241 e. The van der Waals surface area contributed by atoms with E-state index in [1.807, 2.05) is 23.1 Å². The molecule has 1 aromatic rings. The number of hydrogen-bond donors (Lipinski definition) is 2. The molecule has 2 aliphatic heterocycles. The van der Waals surface area contributed by atoms with Crippen molar-refractivity contribution in [3.63, 3.8) is 0 Å². The van der Waals surface area contributed by atoms with Crippen LogP contribution in [0, 0.1) is 5.92 Å². The molecular formula is C19H29N3O2. The number of anilines is 2. The lowest BCUT2D eigenvalue weighted by atomic mass is 10.0. The Labute approximate surface area is 144 Å². The number of carbonyl (C=O) groups excluding carboxylic acids is 1.